The molecule has 2 heterocycles. The molecule has 138 valence electrons. The lowest BCUT2D eigenvalue weighted by Crippen LogP contribution is -2.29. The van der Waals surface area contributed by atoms with Gasteiger partial charge in [0.1, 0.15) is 0 Å². The zero-order valence-corrected chi connectivity index (χ0v) is 15.7. The first-order valence-electron chi connectivity index (χ1n) is 9.59. The first kappa shape index (κ1) is 17.9. The Morgan fingerprint density at radius 1 is 0.750 bits per heavy atom. The minimum absolute atomic E-state index is 0.0161. The summed E-state index contributed by atoms with van der Waals surface area (Å²) in [5.41, 5.74) is 4.56. The van der Waals surface area contributed by atoms with Crippen molar-refractivity contribution >= 4 is 12.4 Å². The average molecular weight is 365 g/mol. The van der Waals surface area contributed by atoms with Crippen LogP contribution in [0.4, 0.5) is 0 Å². The fraction of sp³-hybridized carbons (Fsp3) is 0.120. The van der Waals surface area contributed by atoms with E-state index in [1.54, 1.807) is 0 Å². The van der Waals surface area contributed by atoms with Crippen LogP contribution in [0.3, 0.4) is 0 Å². The monoisotopic (exact) mass is 365 g/mol. The molecule has 0 unspecified atom stereocenters. The summed E-state index contributed by atoms with van der Waals surface area (Å²) in [5, 5.41) is 0. The van der Waals surface area contributed by atoms with Gasteiger partial charge >= 0.3 is 0 Å². The molecule has 0 N–H and O–H groups in total. The van der Waals surface area contributed by atoms with Gasteiger partial charge in [0.15, 0.2) is 0 Å². The molecule has 2 aliphatic heterocycles. The second kappa shape index (κ2) is 8.96. The molecule has 3 nitrogen and oxygen atoms in total. The SMILES string of the molecule is C1=CN=CC(N(C2=CN=CCC=C2)C(c2ccccc2)c2ccccc2)=CC1. The Morgan fingerprint density at radius 3 is 2.18 bits per heavy atom. The van der Waals surface area contributed by atoms with Crippen LogP contribution in [-0.2, 0) is 0 Å². The third-order valence-electron chi connectivity index (χ3n) is 4.75. The molecule has 0 amide bonds. The van der Waals surface area contributed by atoms with Crippen LogP contribution in [0.5, 0.6) is 0 Å². The molecule has 4 rings (SSSR count). The Labute approximate surface area is 166 Å². The highest BCUT2D eigenvalue weighted by Crippen LogP contribution is 2.35. The topological polar surface area (TPSA) is 28.0 Å². The smallest absolute Gasteiger partial charge is 0.0845 e. The molecule has 0 atom stereocenters. The van der Waals surface area contributed by atoms with Crippen LogP contribution >= 0.6 is 0 Å². The van der Waals surface area contributed by atoms with E-state index in [9.17, 15) is 0 Å². The molecule has 0 fully saturated rings. The van der Waals surface area contributed by atoms with Crippen molar-refractivity contribution in [1.29, 1.82) is 0 Å². The normalized spacial score (nSPS) is 15.8. The van der Waals surface area contributed by atoms with Gasteiger partial charge in [0.05, 0.1) is 29.9 Å². The van der Waals surface area contributed by atoms with Crippen molar-refractivity contribution in [2.24, 2.45) is 9.98 Å². The number of benzene rings is 2. The van der Waals surface area contributed by atoms with Crippen LogP contribution < -0.4 is 0 Å². The van der Waals surface area contributed by atoms with Gasteiger partial charge in [0.2, 0.25) is 0 Å². The van der Waals surface area contributed by atoms with Crippen molar-refractivity contribution in [2.45, 2.75) is 18.9 Å². The minimum Gasteiger partial charge on any atom is -0.327 e. The van der Waals surface area contributed by atoms with Crippen molar-refractivity contribution in [2.75, 3.05) is 0 Å². The maximum absolute atomic E-state index is 4.48. The van der Waals surface area contributed by atoms with Crippen LogP contribution in [0.2, 0.25) is 0 Å². The van der Waals surface area contributed by atoms with Gasteiger partial charge in [0, 0.05) is 18.8 Å². The molecule has 2 aliphatic rings. The molecule has 0 aromatic heterocycles. The summed E-state index contributed by atoms with van der Waals surface area (Å²) >= 11 is 0. The number of rotatable bonds is 5. The molecule has 0 saturated carbocycles. The Kier molecular flexibility index (Phi) is 5.74. The number of hydrogen-bond acceptors (Lipinski definition) is 3. The standard InChI is InChI=1S/C25H23N3/c1-3-11-21(12-4-1)25(22-13-5-2-6-14-22)28(23-15-7-9-17-26-19-23)24-16-8-10-18-27-20-24/h1-7,10-20,25H,8-9H2. The molecule has 0 radical (unpaired) electrons. The van der Waals surface area contributed by atoms with E-state index < -0.39 is 0 Å². The number of aliphatic imine (C=N–C) groups is 2. The van der Waals surface area contributed by atoms with Crippen molar-refractivity contribution in [3.63, 3.8) is 0 Å². The van der Waals surface area contributed by atoms with Gasteiger partial charge in [-0.05, 0) is 23.6 Å². The van der Waals surface area contributed by atoms with Crippen molar-refractivity contribution in [1.82, 2.24) is 4.90 Å². The van der Waals surface area contributed by atoms with Crippen molar-refractivity contribution < 1.29 is 0 Å². The molecule has 28 heavy (non-hydrogen) atoms. The highest BCUT2D eigenvalue weighted by Gasteiger charge is 2.26. The Bertz CT molecular complexity index is 924. The maximum atomic E-state index is 4.48. The van der Waals surface area contributed by atoms with E-state index in [1.165, 1.54) is 11.1 Å². The number of hydrogen-bond donors (Lipinski definition) is 0. The Morgan fingerprint density at radius 2 is 1.46 bits per heavy atom. The maximum Gasteiger partial charge on any atom is 0.0845 e. The molecule has 0 bridgehead atoms. The van der Waals surface area contributed by atoms with Crippen molar-refractivity contribution in [3.05, 3.63) is 120 Å². The second-order valence-corrected chi connectivity index (χ2v) is 6.65. The Hall–Kier alpha value is -3.46. The number of allylic oxidation sites excluding steroid dienone is 5. The average Bonchev–Trinajstić information content (AvgIpc) is 3.19. The van der Waals surface area contributed by atoms with E-state index in [1.807, 2.05) is 24.8 Å². The Balaban J connectivity index is 1.89. The summed E-state index contributed by atoms with van der Waals surface area (Å²) in [5.74, 6) is 0. The predicted molar refractivity (Wildman–Crippen MR) is 117 cm³/mol. The number of nitrogens with zero attached hydrogens (tertiary/aromatic N) is 3. The lowest BCUT2D eigenvalue weighted by molar-refractivity contribution is 0.388. The third kappa shape index (κ3) is 4.09. The molecular formula is C25H23N3. The van der Waals surface area contributed by atoms with Gasteiger partial charge in [-0.25, -0.2) is 0 Å². The van der Waals surface area contributed by atoms with Gasteiger partial charge in [-0.1, -0.05) is 78.9 Å². The first-order valence-corrected chi connectivity index (χ1v) is 9.59. The predicted octanol–water partition coefficient (Wildman–Crippen LogP) is 5.82. The van der Waals surface area contributed by atoms with Crippen LogP contribution in [0.1, 0.15) is 30.0 Å². The van der Waals surface area contributed by atoms with Gasteiger partial charge in [0.25, 0.3) is 0 Å². The van der Waals surface area contributed by atoms with Crippen LogP contribution in [0, 0.1) is 0 Å². The van der Waals surface area contributed by atoms with Crippen LogP contribution in [-0.4, -0.2) is 17.3 Å². The molecular weight excluding hydrogens is 342 g/mol. The highest BCUT2D eigenvalue weighted by atomic mass is 15.2. The summed E-state index contributed by atoms with van der Waals surface area (Å²) < 4.78 is 0. The first-order chi connectivity index (χ1) is 13.9. The molecule has 3 heteroatoms. The zero-order valence-electron chi connectivity index (χ0n) is 15.7. The van der Waals surface area contributed by atoms with Crippen LogP contribution in [0.15, 0.2) is 119 Å². The lowest BCUT2D eigenvalue weighted by Gasteiger charge is -2.35. The molecule has 2 aromatic carbocycles. The highest BCUT2D eigenvalue weighted by molar-refractivity contribution is 5.80. The molecule has 2 aromatic rings. The lowest BCUT2D eigenvalue weighted by atomic mass is 9.95. The minimum atomic E-state index is 0.0161. The fourth-order valence-electron chi connectivity index (χ4n) is 3.48. The van der Waals surface area contributed by atoms with Gasteiger partial charge < -0.3 is 4.90 Å². The summed E-state index contributed by atoms with van der Waals surface area (Å²) in [7, 11) is 0. The zero-order chi connectivity index (χ0) is 19.0. The van der Waals surface area contributed by atoms with Gasteiger partial charge in [-0.15, -0.1) is 0 Å². The van der Waals surface area contributed by atoms with E-state index in [0.717, 1.165) is 24.2 Å². The third-order valence-corrected chi connectivity index (χ3v) is 4.75. The van der Waals surface area contributed by atoms with Crippen molar-refractivity contribution in [3.8, 4) is 0 Å². The second-order valence-electron chi connectivity index (χ2n) is 6.65. The van der Waals surface area contributed by atoms with E-state index in [4.69, 9.17) is 0 Å². The molecule has 0 saturated heterocycles. The summed E-state index contributed by atoms with van der Waals surface area (Å²) in [6.45, 7) is 0. The summed E-state index contributed by atoms with van der Waals surface area (Å²) in [6, 6.07) is 21.2. The summed E-state index contributed by atoms with van der Waals surface area (Å²) in [4.78, 5) is 11.3. The largest absolute Gasteiger partial charge is 0.327 e. The fourth-order valence-corrected chi connectivity index (χ4v) is 3.48. The van der Waals surface area contributed by atoms with Crippen LogP contribution in [0.25, 0.3) is 0 Å². The van der Waals surface area contributed by atoms with E-state index in [2.05, 4.69) is 99.9 Å². The van der Waals surface area contributed by atoms with E-state index >= 15 is 0 Å². The molecule has 0 spiro atoms. The van der Waals surface area contributed by atoms with E-state index in [-0.39, 0.29) is 6.04 Å². The van der Waals surface area contributed by atoms with Gasteiger partial charge in [-0.2, -0.15) is 0 Å². The van der Waals surface area contributed by atoms with E-state index in [0.29, 0.717) is 0 Å². The summed E-state index contributed by atoms with van der Waals surface area (Å²) in [6.07, 6.45) is 17.9. The van der Waals surface area contributed by atoms with Gasteiger partial charge in [-0.3, -0.25) is 9.98 Å². The molecule has 0 aliphatic carbocycles. The quantitative estimate of drug-likeness (QED) is 0.656.